The van der Waals surface area contributed by atoms with Crippen molar-refractivity contribution >= 4 is 17.4 Å². The highest BCUT2D eigenvalue weighted by Gasteiger charge is 2.58. The fraction of sp³-hybridized carbons (Fsp3) is 0.577. The number of fused-ring (bicyclic) bond motifs is 2. The van der Waals surface area contributed by atoms with Crippen LogP contribution >= 0.6 is 0 Å². The summed E-state index contributed by atoms with van der Waals surface area (Å²) in [5, 5.41) is 13.6. The largest absolute Gasteiger partial charge is 0.476 e. The number of alkyl halides is 2. The number of rotatable bonds is 5. The molecule has 2 aromatic rings. The average molecular weight is 472 g/mol. The molecule has 1 saturated heterocycles. The van der Waals surface area contributed by atoms with Gasteiger partial charge in [0, 0.05) is 48.3 Å². The molecule has 0 radical (unpaired) electrons. The Hall–Kier alpha value is -2.77. The molecule has 1 saturated carbocycles. The Kier molecular flexibility index (Phi) is 5.52. The second kappa shape index (κ2) is 8.17. The topological polar surface area (TPSA) is 75.4 Å². The van der Waals surface area contributed by atoms with Crippen LogP contribution in [0.15, 0.2) is 18.2 Å². The van der Waals surface area contributed by atoms with Gasteiger partial charge < -0.3 is 10.0 Å². The molecule has 1 aromatic heterocycles. The molecule has 1 aliphatic heterocycles. The zero-order chi connectivity index (χ0) is 24.3. The summed E-state index contributed by atoms with van der Waals surface area (Å²) >= 11 is 0. The number of carboxylic acid groups (broad SMARTS) is 1. The van der Waals surface area contributed by atoms with Gasteiger partial charge in [-0.15, -0.1) is 0 Å². The molecule has 1 N–H and O–H groups in total. The summed E-state index contributed by atoms with van der Waals surface area (Å²) in [4.78, 5) is 27.5. The number of nitrogens with zero attached hydrogens (tertiary/aromatic N) is 3. The minimum Gasteiger partial charge on any atom is -0.476 e. The van der Waals surface area contributed by atoms with Crippen LogP contribution in [0.5, 0.6) is 0 Å². The summed E-state index contributed by atoms with van der Waals surface area (Å²) in [6.45, 7) is 6.04. The number of ketones is 1. The second-order valence-electron chi connectivity index (χ2n) is 10.3. The van der Waals surface area contributed by atoms with Crippen molar-refractivity contribution in [3.63, 3.8) is 0 Å². The number of aromatic carboxylic acids is 1. The van der Waals surface area contributed by atoms with Gasteiger partial charge in [-0.25, -0.2) is 13.6 Å². The Morgan fingerprint density at radius 3 is 2.76 bits per heavy atom. The molecule has 2 heterocycles. The van der Waals surface area contributed by atoms with E-state index in [0.717, 1.165) is 38.8 Å². The first-order valence-corrected chi connectivity index (χ1v) is 12.2. The average Bonchev–Trinajstić information content (AvgIpc) is 3.34. The number of anilines is 1. The molecule has 2 atom stereocenters. The first-order chi connectivity index (χ1) is 16.1. The fourth-order valence-electron chi connectivity index (χ4n) is 6.12. The number of halogens is 2. The van der Waals surface area contributed by atoms with E-state index >= 15 is 0 Å². The van der Waals surface area contributed by atoms with Crippen LogP contribution < -0.4 is 4.90 Å². The molecule has 5 rings (SSSR count). The van der Waals surface area contributed by atoms with Crippen LogP contribution in [-0.4, -0.2) is 45.7 Å². The van der Waals surface area contributed by atoms with E-state index in [0.29, 0.717) is 11.6 Å². The first-order valence-electron chi connectivity index (χ1n) is 12.2. The number of hydrogen-bond acceptors (Lipinski definition) is 4. The predicted molar refractivity (Wildman–Crippen MR) is 124 cm³/mol. The molecule has 34 heavy (non-hydrogen) atoms. The predicted octanol–water partition coefficient (Wildman–Crippen LogP) is 4.59. The zero-order valence-corrected chi connectivity index (χ0v) is 19.7. The third-order valence-electron chi connectivity index (χ3n) is 8.33. The van der Waals surface area contributed by atoms with Crippen molar-refractivity contribution in [3.05, 3.63) is 46.3 Å². The molecule has 3 aliphatic rings. The first kappa shape index (κ1) is 23.0. The molecule has 0 amide bonds. The Balaban J connectivity index is 1.31. The van der Waals surface area contributed by atoms with E-state index in [1.165, 1.54) is 21.5 Å². The smallest absolute Gasteiger partial charge is 0.356 e. The number of carbonyl (C=O) groups is 2. The number of carbonyl (C=O) groups excluding carboxylic acids is 1. The lowest BCUT2D eigenvalue weighted by Gasteiger charge is -2.31. The highest BCUT2D eigenvalue weighted by Crippen LogP contribution is 2.59. The lowest BCUT2D eigenvalue weighted by Crippen LogP contribution is -2.33. The summed E-state index contributed by atoms with van der Waals surface area (Å²) < 4.78 is 29.3. The van der Waals surface area contributed by atoms with Gasteiger partial charge in [0.1, 0.15) is 6.54 Å². The summed E-state index contributed by atoms with van der Waals surface area (Å²) in [5.41, 5.74) is 3.69. The van der Waals surface area contributed by atoms with E-state index in [1.54, 1.807) is 0 Å². The molecule has 2 aliphatic carbocycles. The third-order valence-corrected chi connectivity index (χ3v) is 8.33. The molecular weight excluding hydrogens is 440 g/mol. The minimum atomic E-state index is -2.93. The van der Waals surface area contributed by atoms with Gasteiger partial charge in [-0.1, -0.05) is 12.1 Å². The standard InChI is InChI=1S/C26H31F2N3O3/c1-16-5-3-6-20(17(16)2)30-11-4-9-25(13-18(25)8-12-30)22(32)15-31-21-7-10-26(27,28)14-19(21)23(29-31)24(33)34/h3,5-6,18H,4,7-15H2,1-2H3,(H,33,34). The van der Waals surface area contributed by atoms with Gasteiger partial charge in [-0.2, -0.15) is 5.10 Å². The van der Waals surface area contributed by atoms with Gasteiger partial charge in [0.15, 0.2) is 11.5 Å². The number of hydrogen-bond donors (Lipinski definition) is 1. The molecule has 2 fully saturated rings. The van der Waals surface area contributed by atoms with E-state index in [1.807, 2.05) is 0 Å². The lowest BCUT2D eigenvalue weighted by molar-refractivity contribution is -0.126. The summed E-state index contributed by atoms with van der Waals surface area (Å²) in [5.74, 6) is -3.88. The number of Topliss-reactive ketones (excluding diaryl/α,β-unsaturated/α-hetero) is 1. The summed E-state index contributed by atoms with van der Waals surface area (Å²) in [6.07, 6.45) is 2.55. The van der Waals surface area contributed by atoms with Crippen LogP contribution in [-0.2, 0) is 24.2 Å². The molecule has 1 aromatic carbocycles. The lowest BCUT2D eigenvalue weighted by atomic mass is 9.88. The van der Waals surface area contributed by atoms with Crippen LogP contribution in [0.25, 0.3) is 0 Å². The van der Waals surface area contributed by atoms with Gasteiger partial charge in [0.2, 0.25) is 0 Å². The minimum absolute atomic E-state index is 0.0294. The quantitative estimate of drug-likeness (QED) is 0.691. The maximum absolute atomic E-state index is 13.9. The van der Waals surface area contributed by atoms with Crippen LogP contribution in [0.2, 0.25) is 0 Å². The number of aromatic nitrogens is 2. The zero-order valence-electron chi connectivity index (χ0n) is 19.7. The van der Waals surface area contributed by atoms with Gasteiger partial charge in [-0.05, 0) is 69.1 Å². The number of benzene rings is 1. The maximum Gasteiger partial charge on any atom is 0.356 e. The van der Waals surface area contributed by atoms with E-state index in [4.69, 9.17) is 0 Å². The van der Waals surface area contributed by atoms with Crippen molar-refractivity contribution in [2.24, 2.45) is 11.3 Å². The van der Waals surface area contributed by atoms with E-state index in [9.17, 15) is 23.5 Å². The fourth-order valence-corrected chi connectivity index (χ4v) is 6.12. The molecule has 182 valence electrons. The van der Waals surface area contributed by atoms with Crippen LogP contribution in [0.1, 0.15) is 65.0 Å². The van der Waals surface area contributed by atoms with Gasteiger partial charge >= 0.3 is 5.97 Å². The van der Waals surface area contributed by atoms with Gasteiger partial charge in [0.25, 0.3) is 5.92 Å². The highest BCUT2D eigenvalue weighted by molar-refractivity contribution is 5.89. The SMILES string of the molecule is Cc1cccc(N2CCCC3(C(=O)Cn4nc(C(=O)O)c5c4CCC(F)(F)C5)CC3CC2)c1C. The normalized spacial score (nSPS) is 25.6. The van der Waals surface area contributed by atoms with Crippen molar-refractivity contribution in [2.45, 2.75) is 71.3 Å². The van der Waals surface area contributed by atoms with Crippen LogP contribution in [0, 0.1) is 25.2 Å². The molecule has 2 unspecified atom stereocenters. The Morgan fingerprint density at radius 1 is 1.21 bits per heavy atom. The van der Waals surface area contributed by atoms with Crippen molar-refractivity contribution in [3.8, 4) is 0 Å². The van der Waals surface area contributed by atoms with Crippen molar-refractivity contribution in [1.29, 1.82) is 0 Å². The molecule has 8 heteroatoms. The number of aryl methyl sites for hydroxylation is 1. The summed E-state index contributed by atoms with van der Waals surface area (Å²) in [6, 6.07) is 6.38. The van der Waals surface area contributed by atoms with Crippen LogP contribution in [0.4, 0.5) is 14.5 Å². The van der Waals surface area contributed by atoms with Gasteiger partial charge in [0.05, 0.1) is 0 Å². The Bertz CT molecular complexity index is 1160. The van der Waals surface area contributed by atoms with Crippen LogP contribution in [0.3, 0.4) is 0 Å². The van der Waals surface area contributed by atoms with Crippen molar-refractivity contribution < 1.29 is 23.5 Å². The van der Waals surface area contributed by atoms with E-state index in [2.05, 4.69) is 42.0 Å². The second-order valence-corrected chi connectivity index (χ2v) is 10.3. The molecule has 0 bridgehead atoms. The van der Waals surface area contributed by atoms with E-state index < -0.39 is 18.3 Å². The monoisotopic (exact) mass is 471 g/mol. The molecular formula is C26H31F2N3O3. The summed E-state index contributed by atoms with van der Waals surface area (Å²) in [7, 11) is 0. The third kappa shape index (κ3) is 3.91. The highest BCUT2D eigenvalue weighted by atomic mass is 19.3. The molecule has 0 spiro atoms. The van der Waals surface area contributed by atoms with Crippen molar-refractivity contribution in [2.75, 3.05) is 18.0 Å². The maximum atomic E-state index is 13.9. The molecule has 6 nitrogen and oxygen atoms in total. The number of carboxylic acids is 1. The van der Waals surface area contributed by atoms with E-state index in [-0.39, 0.29) is 41.8 Å². The Labute approximate surface area is 197 Å². The van der Waals surface area contributed by atoms with Gasteiger partial charge in [-0.3, -0.25) is 9.48 Å². The van der Waals surface area contributed by atoms with Crippen molar-refractivity contribution in [1.82, 2.24) is 9.78 Å². The Morgan fingerprint density at radius 2 is 2.00 bits per heavy atom.